The second-order valence-corrected chi connectivity index (χ2v) is 6.31. The van der Waals surface area contributed by atoms with Gasteiger partial charge in [-0.3, -0.25) is 0 Å². The molecule has 1 unspecified atom stereocenters. The quantitative estimate of drug-likeness (QED) is 0.338. The molecule has 0 amide bonds. The van der Waals surface area contributed by atoms with E-state index in [0.717, 1.165) is 11.8 Å². The molecule has 0 aliphatic heterocycles. The van der Waals surface area contributed by atoms with Gasteiger partial charge in [-0.25, -0.2) is 0 Å². The van der Waals surface area contributed by atoms with Crippen molar-refractivity contribution in [2.24, 2.45) is 11.8 Å². The molecule has 0 rings (SSSR count). The van der Waals surface area contributed by atoms with Crippen molar-refractivity contribution in [2.75, 3.05) is 0 Å². The van der Waals surface area contributed by atoms with Crippen LogP contribution < -0.4 is 0 Å². The lowest BCUT2D eigenvalue weighted by Gasteiger charge is -2.07. The maximum absolute atomic E-state index is 2.38. The molecule has 0 aliphatic rings. The van der Waals surface area contributed by atoms with Crippen molar-refractivity contribution >= 4 is 0 Å². The molecule has 0 heteroatoms. The van der Waals surface area contributed by atoms with Crippen molar-refractivity contribution in [3.63, 3.8) is 0 Å². The minimum absolute atomic E-state index is 0.899. The minimum Gasteiger partial charge on any atom is -0.0651 e. The van der Waals surface area contributed by atoms with E-state index in [-0.39, 0.29) is 0 Å². The van der Waals surface area contributed by atoms with Crippen LogP contribution in [-0.4, -0.2) is 0 Å². The highest BCUT2D eigenvalue weighted by Crippen LogP contribution is 2.15. The Bertz CT molecular complexity index is 137. The minimum atomic E-state index is 0.899. The van der Waals surface area contributed by atoms with Crippen LogP contribution in [0, 0.1) is 11.8 Å². The lowest BCUT2D eigenvalue weighted by Crippen LogP contribution is -1.91. The van der Waals surface area contributed by atoms with Crippen LogP contribution in [-0.2, 0) is 0 Å². The molecule has 104 valence electrons. The molecule has 0 aromatic rings. The van der Waals surface area contributed by atoms with E-state index in [2.05, 4.69) is 27.7 Å². The Hall–Kier alpha value is 0. The summed E-state index contributed by atoms with van der Waals surface area (Å²) in [5, 5.41) is 0. The predicted molar refractivity (Wildman–Crippen MR) is 80.5 cm³/mol. The van der Waals surface area contributed by atoms with Crippen LogP contribution in [0.15, 0.2) is 0 Å². The molecular formula is C17H36. The molecule has 0 nitrogen and oxygen atoms in total. The summed E-state index contributed by atoms with van der Waals surface area (Å²) in [6.45, 7) is 9.35. The normalized spacial score (nSPS) is 13.2. The molecule has 0 radical (unpaired) electrons. The van der Waals surface area contributed by atoms with E-state index in [1.54, 1.807) is 0 Å². The largest absolute Gasteiger partial charge is 0.0651 e. The topological polar surface area (TPSA) is 0 Å². The molecule has 0 bridgehead atoms. The first-order chi connectivity index (χ1) is 8.16. The number of hydrogen-bond acceptors (Lipinski definition) is 0. The third kappa shape index (κ3) is 13.9. The van der Waals surface area contributed by atoms with Crippen LogP contribution in [0.5, 0.6) is 0 Å². The fraction of sp³-hybridized carbons (Fsp3) is 1.00. The second-order valence-electron chi connectivity index (χ2n) is 6.31. The smallest absolute Gasteiger partial charge is 0.0445 e. The van der Waals surface area contributed by atoms with Gasteiger partial charge in [-0.15, -0.1) is 0 Å². The summed E-state index contributed by atoms with van der Waals surface area (Å²) in [7, 11) is 0. The van der Waals surface area contributed by atoms with Gasteiger partial charge < -0.3 is 0 Å². The van der Waals surface area contributed by atoms with E-state index in [9.17, 15) is 0 Å². The maximum atomic E-state index is 2.38. The van der Waals surface area contributed by atoms with E-state index in [1.165, 1.54) is 70.6 Å². The first-order valence-electron chi connectivity index (χ1n) is 8.16. The summed E-state index contributed by atoms with van der Waals surface area (Å²) < 4.78 is 0. The lowest BCUT2D eigenvalue weighted by atomic mass is 9.99. The van der Waals surface area contributed by atoms with Gasteiger partial charge in [0.25, 0.3) is 0 Å². The standard InChI is InChI=1S/C17H36/c1-5-17(4)15-13-11-9-7-6-8-10-12-14-16(2)3/h16-17H,5-15H2,1-4H3. The molecule has 0 saturated carbocycles. The van der Waals surface area contributed by atoms with Crippen molar-refractivity contribution in [3.05, 3.63) is 0 Å². The Morgan fingerprint density at radius 3 is 1.41 bits per heavy atom. The third-order valence-corrected chi connectivity index (χ3v) is 3.93. The highest BCUT2D eigenvalue weighted by Gasteiger charge is 1.98. The van der Waals surface area contributed by atoms with Crippen LogP contribution in [0.2, 0.25) is 0 Å². The Kier molecular flexibility index (Phi) is 12.5. The van der Waals surface area contributed by atoms with Gasteiger partial charge in [0.1, 0.15) is 0 Å². The summed E-state index contributed by atoms with van der Waals surface area (Å²) >= 11 is 0. The fourth-order valence-corrected chi connectivity index (χ4v) is 2.31. The van der Waals surface area contributed by atoms with Crippen LogP contribution in [0.25, 0.3) is 0 Å². The Morgan fingerprint density at radius 1 is 0.588 bits per heavy atom. The van der Waals surface area contributed by atoms with Crippen LogP contribution in [0.1, 0.15) is 98.3 Å². The van der Waals surface area contributed by atoms with Crippen LogP contribution in [0.3, 0.4) is 0 Å². The van der Waals surface area contributed by atoms with Gasteiger partial charge in [0, 0.05) is 0 Å². The SMILES string of the molecule is CCC(C)CCCCCCCCCCC(C)C. The van der Waals surface area contributed by atoms with Crippen molar-refractivity contribution < 1.29 is 0 Å². The molecule has 0 aromatic carbocycles. The van der Waals surface area contributed by atoms with Gasteiger partial charge in [-0.2, -0.15) is 0 Å². The molecular weight excluding hydrogens is 204 g/mol. The average molecular weight is 240 g/mol. The molecule has 0 N–H and O–H groups in total. The highest BCUT2D eigenvalue weighted by molar-refractivity contribution is 4.52. The molecule has 0 spiro atoms. The molecule has 0 heterocycles. The zero-order valence-electron chi connectivity index (χ0n) is 12.9. The monoisotopic (exact) mass is 240 g/mol. The summed E-state index contributed by atoms with van der Waals surface area (Å²) in [6, 6.07) is 0. The van der Waals surface area contributed by atoms with Crippen molar-refractivity contribution in [2.45, 2.75) is 98.3 Å². The van der Waals surface area contributed by atoms with E-state index < -0.39 is 0 Å². The van der Waals surface area contributed by atoms with E-state index >= 15 is 0 Å². The lowest BCUT2D eigenvalue weighted by molar-refractivity contribution is 0.466. The average Bonchev–Trinajstić information content (AvgIpc) is 2.30. The van der Waals surface area contributed by atoms with Gasteiger partial charge in [0.05, 0.1) is 0 Å². The van der Waals surface area contributed by atoms with Gasteiger partial charge in [-0.1, -0.05) is 98.3 Å². The Labute approximate surface area is 111 Å². The van der Waals surface area contributed by atoms with Gasteiger partial charge >= 0.3 is 0 Å². The highest BCUT2D eigenvalue weighted by atomic mass is 14.0. The number of hydrogen-bond donors (Lipinski definition) is 0. The molecule has 17 heavy (non-hydrogen) atoms. The Morgan fingerprint density at radius 2 is 1.00 bits per heavy atom. The molecule has 0 aromatic heterocycles. The van der Waals surface area contributed by atoms with Crippen molar-refractivity contribution in [1.82, 2.24) is 0 Å². The van der Waals surface area contributed by atoms with Crippen LogP contribution >= 0.6 is 0 Å². The second kappa shape index (κ2) is 12.5. The van der Waals surface area contributed by atoms with Crippen molar-refractivity contribution in [3.8, 4) is 0 Å². The summed E-state index contributed by atoms with van der Waals surface area (Å²) in [4.78, 5) is 0. The summed E-state index contributed by atoms with van der Waals surface area (Å²) in [5.41, 5.74) is 0. The van der Waals surface area contributed by atoms with Crippen molar-refractivity contribution in [1.29, 1.82) is 0 Å². The van der Waals surface area contributed by atoms with Gasteiger partial charge in [0.2, 0.25) is 0 Å². The zero-order chi connectivity index (χ0) is 12.9. The molecule has 0 aliphatic carbocycles. The van der Waals surface area contributed by atoms with Crippen LogP contribution in [0.4, 0.5) is 0 Å². The first kappa shape index (κ1) is 17.0. The van der Waals surface area contributed by atoms with E-state index in [0.29, 0.717) is 0 Å². The van der Waals surface area contributed by atoms with E-state index in [4.69, 9.17) is 0 Å². The number of unbranched alkanes of at least 4 members (excludes halogenated alkanes) is 7. The van der Waals surface area contributed by atoms with E-state index in [1.807, 2.05) is 0 Å². The fourth-order valence-electron chi connectivity index (χ4n) is 2.31. The summed E-state index contributed by atoms with van der Waals surface area (Å²) in [5.74, 6) is 1.85. The van der Waals surface area contributed by atoms with Gasteiger partial charge in [-0.05, 0) is 11.8 Å². The first-order valence-corrected chi connectivity index (χ1v) is 8.16. The summed E-state index contributed by atoms with van der Waals surface area (Å²) in [6.07, 6.45) is 16.0. The maximum Gasteiger partial charge on any atom is -0.0445 e. The van der Waals surface area contributed by atoms with Gasteiger partial charge in [0.15, 0.2) is 0 Å². The zero-order valence-corrected chi connectivity index (χ0v) is 12.9. The number of rotatable bonds is 12. The Balaban J connectivity index is 2.99. The molecule has 0 saturated heterocycles. The molecule has 1 atom stereocenters. The molecule has 0 fully saturated rings. The third-order valence-electron chi connectivity index (χ3n) is 3.93. The predicted octanol–water partition coefficient (Wildman–Crippen LogP) is 6.59.